The fourth-order valence-corrected chi connectivity index (χ4v) is 4.39. The lowest BCUT2D eigenvalue weighted by molar-refractivity contribution is 0.0846. The average Bonchev–Trinajstić information content (AvgIpc) is 3.41. The SMILES string of the molecule is CCn1cc([C@H]2OCC[C@@H]2CNC(=O)c2ccnc(N3CCCC[C@H]3C)c2)cn1. The zero-order valence-corrected chi connectivity index (χ0v) is 17.4. The third kappa shape index (κ3) is 4.45. The summed E-state index contributed by atoms with van der Waals surface area (Å²) in [4.78, 5) is 19.6. The molecule has 0 saturated carbocycles. The van der Waals surface area contributed by atoms with Gasteiger partial charge in [0.15, 0.2) is 0 Å². The Bertz CT molecular complexity index is 836. The lowest BCUT2D eigenvalue weighted by atomic mass is 9.97. The van der Waals surface area contributed by atoms with Gasteiger partial charge in [0.2, 0.25) is 0 Å². The Morgan fingerprint density at radius 2 is 2.24 bits per heavy atom. The van der Waals surface area contributed by atoms with E-state index in [0.717, 1.165) is 37.5 Å². The van der Waals surface area contributed by atoms with E-state index in [1.807, 2.05) is 23.1 Å². The van der Waals surface area contributed by atoms with Crippen molar-refractivity contribution in [2.75, 3.05) is 24.6 Å². The van der Waals surface area contributed by atoms with Crippen molar-refractivity contribution in [1.82, 2.24) is 20.1 Å². The van der Waals surface area contributed by atoms with E-state index in [9.17, 15) is 4.79 Å². The zero-order chi connectivity index (χ0) is 20.2. The first-order chi connectivity index (χ1) is 14.2. The van der Waals surface area contributed by atoms with Gasteiger partial charge in [-0.3, -0.25) is 9.48 Å². The van der Waals surface area contributed by atoms with E-state index in [-0.39, 0.29) is 17.9 Å². The summed E-state index contributed by atoms with van der Waals surface area (Å²) in [5, 5.41) is 7.46. The van der Waals surface area contributed by atoms with Crippen LogP contribution >= 0.6 is 0 Å². The van der Waals surface area contributed by atoms with Gasteiger partial charge in [-0.15, -0.1) is 0 Å². The second-order valence-corrected chi connectivity index (χ2v) is 8.12. The van der Waals surface area contributed by atoms with E-state index in [1.54, 1.807) is 12.3 Å². The van der Waals surface area contributed by atoms with Gasteiger partial charge in [0.25, 0.3) is 5.91 Å². The number of rotatable bonds is 6. The molecule has 0 bridgehead atoms. The molecule has 0 aliphatic carbocycles. The lowest BCUT2D eigenvalue weighted by Crippen LogP contribution is -2.38. The predicted molar refractivity (Wildman–Crippen MR) is 112 cm³/mol. The fourth-order valence-electron chi connectivity index (χ4n) is 4.39. The number of amides is 1. The number of carbonyl (C=O) groups is 1. The minimum Gasteiger partial charge on any atom is -0.373 e. The third-order valence-electron chi connectivity index (χ3n) is 6.15. The molecule has 4 heterocycles. The van der Waals surface area contributed by atoms with Gasteiger partial charge in [-0.05, 0) is 51.7 Å². The van der Waals surface area contributed by atoms with Crippen LogP contribution in [0.25, 0.3) is 0 Å². The molecular weight excluding hydrogens is 366 g/mol. The van der Waals surface area contributed by atoms with Crippen molar-refractivity contribution in [3.63, 3.8) is 0 Å². The van der Waals surface area contributed by atoms with E-state index in [0.29, 0.717) is 18.2 Å². The molecule has 0 radical (unpaired) electrons. The molecule has 2 aromatic heterocycles. The monoisotopic (exact) mass is 397 g/mol. The van der Waals surface area contributed by atoms with E-state index in [1.165, 1.54) is 19.3 Å². The van der Waals surface area contributed by atoms with Crippen molar-refractivity contribution in [3.8, 4) is 0 Å². The summed E-state index contributed by atoms with van der Waals surface area (Å²) >= 11 is 0. The van der Waals surface area contributed by atoms with Gasteiger partial charge in [-0.1, -0.05) is 0 Å². The van der Waals surface area contributed by atoms with Gasteiger partial charge in [-0.2, -0.15) is 5.10 Å². The first-order valence-electron chi connectivity index (χ1n) is 10.8. The van der Waals surface area contributed by atoms with Crippen molar-refractivity contribution < 1.29 is 9.53 Å². The number of ether oxygens (including phenoxy) is 1. The van der Waals surface area contributed by atoms with Crippen LogP contribution in [0.4, 0.5) is 5.82 Å². The molecule has 29 heavy (non-hydrogen) atoms. The molecule has 4 rings (SSSR count). The number of hydrogen-bond acceptors (Lipinski definition) is 5. The number of pyridine rings is 1. The van der Waals surface area contributed by atoms with Gasteiger partial charge < -0.3 is 15.0 Å². The van der Waals surface area contributed by atoms with Crippen LogP contribution in [0.3, 0.4) is 0 Å². The van der Waals surface area contributed by atoms with Crippen LogP contribution in [-0.2, 0) is 11.3 Å². The molecule has 156 valence electrons. The molecular formula is C22H31N5O2. The number of nitrogens with zero attached hydrogens (tertiary/aromatic N) is 4. The highest BCUT2D eigenvalue weighted by Gasteiger charge is 2.31. The van der Waals surface area contributed by atoms with Crippen molar-refractivity contribution in [3.05, 3.63) is 41.9 Å². The molecule has 2 aromatic rings. The molecule has 2 fully saturated rings. The van der Waals surface area contributed by atoms with E-state index in [2.05, 4.69) is 34.1 Å². The summed E-state index contributed by atoms with van der Waals surface area (Å²) in [6.45, 7) is 7.46. The maximum atomic E-state index is 12.8. The summed E-state index contributed by atoms with van der Waals surface area (Å²) < 4.78 is 7.85. The molecule has 1 amide bonds. The Morgan fingerprint density at radius 3 is 3.03 bits per heavy atom. The van der Waals surface area contributed by atoms with Gasteiger partial charge in [0.05, 0.1) is 12.3 Å². The zero-order valence-electron chi connectivity index (χ0n) is 17.4. The molecule has 7 nitrogen and oxygen atoms in total. The van der Waals surface area contributed by atoms with E-state index < -0.39 is 0 Å². The fraction of sp³-hybridized carbons (Fsp3) is 0.591. The number of aryl methyl sites for hydroxylation is 1. The van der Waals surface area contributed by atoms with Gasteiger partial charge >= 0.3 is 0 Å². The van der Waals surface area contributed by atoms with Crippen LogP contribution in [0.2, 0.25) is 0 Å². The second kappa shape index (κ2) is 8.95. The van der Waals surface area contributed by atoms with Crippen LogP contribution in [0.1, 0.15) is 61.6 Å². The normalized spacial score (nSPS) is 24.6. The van der Waals surface area contributed by atoms with Gasteiger partial charge in [0, 0.05) is 61.7 Å². The Balaban J connectivity index is 1.38. The number of aromatic nitrogens is 3. The highest BCUT2D eigenvalue weighted by Crippen LogP contribution is 2.34. The lowest BCUT2D eigenvalue weighted by Gasteiger charge is -2.34. The Morgan fingerprint density at radius 1 is 1.34 bits per heavy atom. The summed E-state index contributed by atoms with van der Waals surface area (Å²) in [6.07, 6.45) is 10.2. The maximum Gasteiger partial charge on any atom is 0.251 e. The van der Waals surface area contributed by atoms with E-state index >= 15 is 0 Å². The number of nitrogens with one attached hydrogen (secondary N) is 1. The largest absolute Gasteiger partial charge is 0.373 e. The summed E-state index contributed by atoms with van der Waals surface area (Å²) in [5.74, 6) is 1.11. The van der Waals surface area contributed by atoms with Crippen LogP contribution in [-0.4, -0.2) is 46.4 Å². The molecule has 2 aliphatic rings. The van der Waals surface area contributed by atoms with Crippen molar-refractivity contribution in [2.24, 2.45) is 5.92 Å². The number of carbonyl (C=O) groups excluding carboxylic acids is 1. The molecule has 3 atom stereocenters. The topological polar surface area (TPSA) is 72.3 Å². The molecule has 7 heteroatoms. The number of piperidine rings is 1. The average molecular weight is 398 g/mol. The Labute approximate surface area is 172 Å². The van der Waals surface area contributed by atoms with Crippen LogP contribution in [0, 0.1) is 5.92 Å². The van der Waals surface area contributed by atoms with Crippen molar-refractivity contribution in [1.29, 1.82) is 0 Å². The molecule has 2 aliphatic heterocycles. The minimum absolute atomic E-state index is 0.00204. The van der Waals surface area contributed by atoms with Crippen molar-refractivity contribution >= 4 is 11.7 Å². The third-order valence-corrected chi connectivity index (χ3v) is 6.15. The molecule has 2 saturated heterocycles. The first-order valence-corrected chi connectivity index (χ1v) is 10.8. The van der Waals surface area contributed by atoms with Gasteiger partial charge in [0.1, 0.15) is 5.82 Å². The highest BCUT2D eigenvalue weighted by atomic mass is 16.5. The predicted octanol–water partition coefficient (Wildman–Crippen LogP) is 3.18. The minimum atomic E-state index is -0.0479. The molecule has 0 aromatic carbocycles. The number of anilines is 1. The molecule has 0 spiro atoms. The maximum absolute atomic E-state index is 12.8. The van der Waals surface area contributed by atoms with Crippen molar-refractivity contribution in [2.45, 2.75) is 58.2 Å². The Hall–Kier alpha value is -2.41. The van der Waals surface area contributed by atoms with Gasteiger partial charge in [-0.25, -0.2) is 4.98 Å². The summed E-state index contributed by atoms with van der Waals surface area (Å²) in [7, 11) is 0. The smallest absolute Gasteiger partial charge is 0.251 e. The summed E-state index contributed by atoms with van der Waals surface area (Å²) in [5.41, 5.74) is 1.76. The molecule has 1 N–H and O–H groups in total. The van der Waals surface area contributed by atoms with E-state index in [4.69, 9.17) is 4.74 Å². The first kappa shape index (κ1) is 19.9. The standard InChI is InChI=1S/C22H31N5O2/c1-3-26-15-19(14-25-26)21-18(8-11-29-21)13-24-22(28)17-7-9-23-20(12-17)27-10-5-4-6-16(27)2/h7,9,12,14-16,18,21H,3-6,8,10-11,13H2,1-2H3,(H,24,28)/t16-,18-,21+/m1/s1. The van der Waals surface area contributed by atoms with Crippen LogP contribution in [0.15, 0.2) is 30.7 Å². The molecule has 0 unspecified atom stereocenters. The highest BCUT2D eigenvalue weighted by molar-refractivity contribution is 5.94. The number of hydrogen-bond donors (Lipinski definition) is 1. The Kier molecular flexibility index (Phi) is 6.13. The van der Waals surface area contributed by atoms with Crippen LogP contribution in [0.5, 0.6) is 0 Å². The second-order valence-electron chi connectivity index (χ2n) is 8.12. The quantitative estimate of drug-likeness (QED) is 0.810. The van der Waals surface area contributed by atoms with Crippen LogP contribution < -0.4 is 10.2 Å². The summed E-state index contributed by atoms with van der Waals surface area (Å²) in [6, 6.07) is 4.18.